The van der Waals surface area contributed by atoms with Crippen molar-refractivity contribution in [1.82, 2.24) is 5.32 Å². The van der Waals surface area contributed by atoms with Crippen molar-refractivity contribution in [3.8, 4) is 5.75 Å². The molecule has 1 atom stereocenters. The summed E-state index contributed by atoms with van der Waals surface area (Å²) in [7, 11) is 0. The molecule has 0 spiro atoms. The Hall–Kier alpha value is -1.76. The van der Waals surface area contributed by atoms with E-state index < -0.39 is 28.8 Å². The molecule has 7 heteroatoms. The highest BCUT2D eigenvalue weighted by molar-refractivity contribution is 9.09. The van der Waals surface area contributed by atoms with Crippen molar-refractivity contribution in [2.24, 2.45) is 0 Å². The predicted octanol–water partition coefficient (Wildman–Crippen LogP) is 4.63. The summed E-state index contributed by atoms with van der Waals surface area (Å²) >= 11 is 3.32. The van der Waals surface area contributed by atoms with E-state index in [1.165, 1.54) is 0 Å². The van der Waals surface area contributed by atoms with Crippen LogP contribution in [0.2, 0.25) is 0 Å². The molecular weight excluding hydrogens is 426 g/mol. The van der Waals surface area contributed by atoms with Crippen molar-refractivity contribution in [2.45, 2.75) is 71.6 Å². The maximum Gasteiger partial charge on any atom is 0.408 e. The third-order valence-electron chi connectivity index (χ3n) is 3.45. The van der Waals surface area contributed by atoms with Gasteiger partial charge in [-0.25, -0.2) is 9.59 Å². The van der Waals surface area contributed by atoms with E-state index in [1.807, 2.05) is 24.3 Å². The van der Waals surface area contributed by atoms with Crippen LogP contribution in [0.25, 0.3) is 0 Å². The van der Waals surface area contributed by atoms with Gasteiger partial charge in [-0.05, 0) is 66.2 Å². The highest BCUT2D eigenvalue weighted by Gasteiger charge is 2.40. The summed E-state index contributed by atoms with van der Waals surface area (Å²) < 4.78 is 16.4. The standard InChI is InChI=1S/C21H32BrNO5/c1-19(2,3)27-17(24)21(7,23-18(25)28-20(4,5)6)14-15-8-10-16(11-9-15)26-13-12-22/h8-11H,12-14H2,1-7H3,(H,23,25). The normalized spacial score (nSPS) is 14.0. The van der Waals surface area contributed by atoms with Gasteiger partial charge in [-0.2, -0.15) is 0 Å². The van der Waals surface area contributed by atoms with Crippen LogP contribution < -0.4 is 10.1 Å². The Balaban J connectivity index is 3.02. The largest absolute Gasteiger partial charge is 0.493 e. The number of amides is 1. The number of nitrogens with one attached hydrogen (secondary N) is 1. The number of carbonyl (C=O) groups is 2. The molecule has 1 unspecified atom stereocenters. The molecule has 0 saturated heterocycles. The van der Waals surface area contributed by atoms with Gasteiger partial charge in [0, 0.05) is 11.8 Å². The first kappa shape index (κ1) is 24.3. The molecule has 1 N–H and O–H groups in total. The average molecular weight is 458 g/mol. The fourth-order valence-electron chi connectivity index (χ4n) is 2.36. The van der Waals surface area contributed by atoms with Crippen LogP contribution >= 0.6 is 15.9 Å². The zero-order valence-electron chi connectivity index (χ0n) is 17.8. The molecule has 0 fully saturated rings. The van der Waals surface area contributed by atoms with E-state index in [9.17, 15) is 9.59 Å². The lowest BCUT2D eigenvalue weighted by Gasteiger charge is -2.33. The molecule has 1 amide bonds. The van der Waals surface area contributed by atoms with Crippen LogP contribution in [-0.4, -0.2) is 40.7 Å². The van der Waals surface area contributed by atoms with Crippen LogP contribution in [-0.2, 0) is 20.7 Å². The summed E-state index contributed by atoms with van der Waals surface area (Å²) in [5, 5.41) is 3.44. The summed E-state index contributed by atoms with van der Waals surface area (Å²) in [5.41, 5.74) is -1.78. The summed E-state index contributed by atoms with van der Waals surface area (Å²) in [5.74, 6) is 0.216. The molecule has 0 radical (unpaired) electrons. The molecule has 0 aliphatic carbocycles. The van der Waals surface area contributed by atoms with Gasteiger partial charge in [-0.15, -0.1) is 0 Å². The molecule has 1 rings (SSSR count). The molecule has 158 valence electrons. The number of halogens is 1. The topological polar surface area (TPSA) is 73.9 Å². The van der Waals surface area contributed by atoms with E-state index in [0.29, 0.717) is 6.61 Å². The molecule has 6 nitrogen and oxygen atoms in total. The van der Waals surface area contributed by atoms with Gasteiger partial charge in [0.25, 0.3) is 0 Å². The van der Waals surface area contributed by atoms with Gasteiger partial charge >= 0.3 is 12.1 Å². The zero-order chi connectivity index (χ0) is 21.6. The maximum atomic E-state index is 12.9. The molecule has 1 aromatic carbocycles. The van der Waals surface area contributed by atoms with Gasteiger partial charge in [-0.1, -0.05) is 28.1 Å². The third-order valence-corrected chi connectivity index (χ3v) is 3.78. The minimum absolute atomic E-state index is 0.250. The number of rotatable bonds is 7. The Morgan fingerprint density at radius 1 is 0.929 bits per heavy atom. The summed E-state index contributed by atoms with van der Waals surface area (Å²) in [6.07, 6.45) is -0.419. The average Bonchev–Trinajstić information content (AvgIpc) is 2.50. The number of benzene rings is 1. The number of alkyl carbamates (subject to hydrolysis) is 1. The van der Waals surface area contributed by atoms with Gasteiger partial charge in [0.1, 0.15) is 22.5 Å². The Kier molecular flexibility index (Phi) is 8.35. The Labute approximate surface area is 176 Å². The first-order chi connectivity index (χ1) is 12.7. The van der Waals surface area contributed by atoms with Gasteiger partial charge in [0.2, 0.25) is 0 Å². The minimum atomic E-state index is -1.28. The van der Waals surface area contributed by atoms with E-state index >= 15 is 0 Å². The molecule has 0 saturated carbocycles. The molecule has 0 aromatic heterocycles. The second-order valence-electron chi connectivity index (χ2n) is 8.82. The second-order valence-corrected chi connectivity index (χ2v) is 9.61. The number of ether oxygens (including phenoxy) is 3. The number of esters is 1. The van der Waals surface area contributed by atoms with Crippen molar-refractivity contribution in [2.75, 3.05) is 11.9 Å². The molecule has 0 bridgehead atoms. The van der Waals surface area contributed by atoms with Gasteiger partial charge in [0.15, 0.2) is 0 Å². The van der Waals surface area contributed by atoms with Crippen LogP contribution in [0.1, 0.15) is 54.0 Å². The summed E-state index contributed by atoms with van der Waals surface area (Å²) in [4.78, 5) is 25.2. The maximum absolute atomic E-state index is 12.9. The van der Waals surface area contributed by atoms with E-state index in [2.05, 4.69) is 21.2 Å². The SMILES string of the molecule is CC(C)(C)OC(=O)NC(C)(Cc1ccc(OCCBr)cc1)C(=O)OC(C)(C)C. The van der Waals surface area contributed by atoms with Crippen molar-refractivity contribution < 1.29 is 23.8 Å². The second kappa shape index (κ2) is 9.63. The van der Waals surface area contributed by atoms with Crippen LogP contribution in [0.15, 0.2) is 24.3 Å². The van der Waals surface area contributed by atoms with Crippen molar-refractivity contribution >= 4 is 28.0 Å². The minimum Gasteiger partial charge on any atom is -0.493 e. The van der Waals surface area contributed by atoms with Crippen molar-refractivity contribution in [3.05, 3.63) is 29.8 Å². The van der Waals surface area contributed by atoms with Gasteiger partial charge in [0.05, 0.1) is 6.61 Å². The van der Waals surface area contributed by atoms with Crippen molar-refractivity contribution in [3.63, 3.8) is 0 Å². The Bertz CT molecular complexity index is 661. The number of hydrogen-bond acceptors (Lipinski definition) is 5. The van der Waals surface area contributed by atoms with Crippen LogP contribution in [0, 0.1) is 0 Å². The van der Waals surface area contributed by atoms with Crippen LogP contribution in [0.3, 0.4) is 0 Å². The summed E-state index contributed by atoms with van der Waals surface area (Å²) in [6, 6.07) is 7.40. The molecule has 28 heavy (non-hydrogen) atoms. The van der Waals surface area contributed by atoms with Gasteiger partial charge < -0.3 is 19.5 Å². The number of hydrogen-bond donors (Lipinski definition) is 1. The smallest absolute Gasteiger partial charge is 0.408 e. The number of carbonyl (C=O) groups excluding carboxylic acids is 2. The lowest BCUT2D eigenvalue weighted by Crippen LogP contribution is -2.56. The lowest BCUT2D eigenvalue weighted by molar-refractivity contribution is -0.162. The Morgan fingerprint density at radius 3 is 1.93 bits per heavy atom. The quantitative estimate of drug-likeness (QED) is 0.477. The lowest BCUT2D eigenvalue weighted by atomic mass is 9.92. The predicted molar refractivity (Wildman–Crippen MR) is 113 cm³/mol. The molecule has 1 aromatic rings. The Morgan fingerprint density at radius 2 is 1.46 bits per heavy atom. The molecule has 0 aliphatic rings. The first-order valence-electron chi connectivity index (χ1n) is 9.26. The fourth-order valence-corrected chi connectivity index (χ4v) is 2.52. The van der Waals surface area contributed by atoms with Crippen LogP contribution in [0.4, 0.5) is 4.79 Å². The monoisotopic (exact) mass is 457 g/mol. The van der Waals surface area contributed by atoms with E-state index in [4.69, 9.17) is 14.2 Å². The fraction of sp³-hybridized carbons (Fsp3) is 0.619. The molecule has 0 aliphatic heterocycles. The van der Waals surface area contributed by atoms with E-state index in [1.54, 1.807) is 48.5 Å². The van der Waals surface area contributed by atoms with Crippen molar-refractivity contribution in [1.29, 1.82) is 0 Å². The van der Waals surface area contributed by atoms with Crippen LogP contribution in [0.5, 0.6) is 5.75 Å². The molecular formula is C21H32BrNO5. The molecule has 0 heterocycles. The highest BCUT2D eigenvalue weighted by atomic mass is 79.9. The van der Waals surface area contributed by atoms with E-state index in [0.717, 1.165) is 16.6 Å². The summed E-state index contributed by atoms with van der Waals surface area (Å²) in [6.45, 7) is 12.9. The third kappa shape index (κ3) is 8.95. The number of alkyl halides is 1. The highest BCUT2D eigenvalue weighted by Crippen LogP contribution is 2.22. The first-order valence-corrected chi connectivity index (χ1v) is 10.4. The van der Waals surface area contributed by atoms with E-state index in [-0.39, 0.29) is 6.42 Å². The van der Waals surface area contributed by atoms with Gasteiger partial charge in [-0.3, -0.25) is 0 Å². The zero-order valence-corrected chi connectivity index (χ0v) is 19.4.